The Hall–Kier alpha value is -1.65. The molecule has 1 saturated heterocycles. The molecule has 0 spiro atoms. The third-order valence-electron chi connectivity index (χ3n) is 4.13. The lowest BCUT2D eigenvalue weighted by Crippen LogP contribution is -2.33. The average Bonchev–Trinajstić information content (AvgIpc) is 3.09. The minimum absolute atomic E-state index is 0.0137. The summed E-state index contributed by atoms with van der Waals surface area (Å²) in [5, 5.41) is 0. The molecule has 1 aromatic carbocycles. The van der Waals surface area contributed by atoms with Crippen LogP contribution in [-0.4, -0.2) is 22.8 Å². The summed E-state index contributed by atoms with van der Waals surface area (Å²) in [6, 6.07) is 10.3. The van der Waals surface area contributed by atoms with Gasteiger partial charge >= 0.3 is 0 Å². The molecule has 0 radical (unpaired) electrons. The number of nitrogens with two attached hydrogens (primary N) is 1. The number of aromatic nitrogens is 2. The van der Waals surface area contributed by atoms with Crippen molar-refractivity contribution in [3.8, 4) is 0 Å². The molecular weight excluding hydrogens is 250 g/mol. The van der Waals surface area contributed by atoms with Gasteiger partial charge in [-0.05, 0) is 25.3 Å². The van der Waals surface area contributed by atoms with Crippen LogP contribution in [0.15, 0.2) is 42.9 Å². The van der Waals surface area contributed by atoms with E-state index in [9.17, 15) is 0 Å². The van der Waals surface area contributed by atoms with E-state index < -0.39 is 0 Å². The number of imidazole rings is 1. The van der Waals surface area contributed by atoms with Gasteiger partial charge in [-0.1, -0.05) is 30.3 Å². The molecule has 1 aromatic heterocycles. The second-order valence-corrected chi connectivity index (χ2v) is 5.78. The highest BCUT2D eigenvalue weighted by molar-refractivity contribution is 5.19. The van der Waals surface area contributed by atoms with Gasteiger partial charge < -0.3 is 15.0 Å². The largest absolute Gasteiger partial charge is 0.379 e. The van der Waals surface area contributed by atoms with Gasteiger partial charge in [-0.25, -0.2) is 4.98 Å². The zero-order chi connectivity index (χ0) is 14.0. The Morgan fingerprint density at radius 2 is 2.20 bits per heavy atom. The Kier molecular flexibility index (Phi) is 3.59. The van der Waals surface area contributed by atoms with Crippen LogP contribution in [0, 0.1) is 0 Å². The van der Waals surface area contributed by atoms with E-state index in [1.54, 1.807) is 0 Å². The predicted molar refractivity (Wildman–Crippen MR) is 78.4 cm³/mol. The lowest BCUT2D eigenvalue weighted by molar-refractivity contribution is 0.160. The number of hydrogen-bond acceptors (Lipinski definition) is 3. The maximum Gasteiger partial charge on any atom is 0.0954 e. The molecule has 0 aliphatic carbocycles. The molecule has 1 fully saturated rings. The lowest BCUT2D eigenvalue weighted by Gasteiger charge is -2.28. The summed E-state index contributed by atoms with van der Waals surface area (Å²) >= 11 is 0. The van der Waals surface area contributed by atoms with E-state index in [4.69, 9.17) is 10.5 Å². The van der Waals surface area contributed by atoms with Crippen molar-refractivity contribution in [2.45, 2.75) is 31.3 Å². The highest BCUT2D eigenvalue weighted by Gasteiger charge is 2.33. The maximum absolute atomic E-state index is 6.40. The highest BCUT2D eigenvalue weighted by Crippen LogP contribution is 2.30. The van der Waals surface area contributed by atoms with E-state index in [0.29, 0.717) is 0 Å². The minimum Gasteiger partial charge on any atom is -0.379 e. The minimum atomic E-state index is -0.0441. The molecule has 3 rings (SSSR count). The number of hydrogen-bond donors (Lipinski definition) is 1. The Morgan fingerprint density at radius 3 is 2.90 bits per heavy atom. The molecular formula is C16H21N3O. The zero-order valence-electron chi connectivity index (χ0n) is 11.8. The standard InChI is InChI=1S/C16H21N3O/c1-16(7-8-20-11-16)19-12-18-10-15(19)14(17)9-13-5-3-2-4-6-13/h2-6,10,12,14H,7-9,11,17H2,1H3/t14-,16?/m1/s1. The van der Waals surface area contributed by atoms with Crippen molar-refractivity contribution >= 4 is 0 Å². The van der Waals surface area contributed by atoms with E-state index >= 15 is 0 Å². The Labute approximate surface area is 119 Å². The van der Waals surface area contributed by atoms with E-state index in [1.807, 2.05) is 30.7 Å². The van der Waals surface area contributed by atoms with Crippen LogP contribution >= 0.6 is 0 Å². The molecule has 4 heteroatoms. The second kappa shape index (κ2) is 5.38. The van der Waals surface area contributed by atoms with Gasteiger partial charge in [0.1, 0.15) is 0 Å². The van der Waals surface area contributed by atoms with E-state index in [-0.39, 0.29) is 11.6 Å². The van der Waals surface area contributed by atoms with Crippen molar-refractivity contribution in [2.24, 2.45) is 5.73 Å². The topological polar surface area (TPSA) is 53.1 Å². The van der Waals surface area contributed by atoms with Gasteiger partial charge in [-0.15, -0.1) is 0 Å². The lowest BCUT2D eigenvalue weighted by atomic mass is 9.98. The molecule has 1 unspecified atom stereocenters. The molecule has 4 nitrogen and oxygen atoms in total. The third kappa shape index (κ3) is 2.49. The summed E-state index contributed by atoms with van der Waals surface area (Å²) in [5.41, 5.74) is 8.72. The Morgan fingerprint density at radius 1 is 1.40 bits per heavy atom. The van der Waals surface area contributed by atoms with Crippen molar-refractivity contribution < 1.29 is 4.74 Å². The molecule has 20 heavy (non-hydrogen) atoms. The van der Waals surface area contributed by atoms with Crippen molar-refractivity contribution in [1.29, 1.82) is 0 Å². The number of ether oxygens (including phenoxy) is 1. The van der Waals surface area contributed by atoms with Gasteiger partial charge in [0.15, 0.2) is 0 Å². The zero-order valence-corrected chi connectivity index (χ0v) is 11.8. The van der Waals surface area contributed by atoms with Crippen molar-refractivity contribution in [3.05, 3.63) is 54.1 Å². The smallest absolute Gasteiger partial charge is 0.0954 e. The molecule has 1 aliphatic rings. The summed E-state index contributed by atoms with van der Waals surface area (Å²) in [7, 11) is 0. The van der Waals surface area contributed by atoms with Crippen molar-refractivity contribution in [1.82, 2.24) is 9.55 Å². The summed E-state index contributed by atoms with van der Waals surface area (Å²) in [4.78, 5) is 4.30. The fourth-order valence-electron chi connectivity index (χ4n) is 2.85. The molecule has 2 atom stereocenters. The quantitative estimate of drug-likeness (QED) is 0.928. The second-order valence-electron chi connectivity index (χ2n) is 5.78. The van der Waals surface area contributed by atoms with Crippen molar-refractivity contribution in [2.75, 3.05) is 13.2 Å². The van der Waals surface area contributed by atoms with E-state index in [1.165, 1.54) is 5.56 Å². The number of benzene rings is 1. The third-order valence-corrected chi connectivity index (χ3v) is 4.13. The maximum atomic E-state index is 6.40. The van der Waals surface area contributed by atoms with Gasteiger partial charge in [0.2, 0.25) is 0 Å². The monoisotopic (exact) mass is 271 g/mol. The van der Waals surface area contributed by atoms with Crippen LogP contribution in [0.3, 0.4) is 0 Å². The van der Waals surface area contributed by atoms with Crippen LogP contribution in [0.4, 0.5) is 0 Å². The summed E-state index contributed by atoms with van der Waals surface area (Å²) in [6.45, 7) is 3.75. The van der Waals surface area contributed by atoms with Gasteiger partial charge in [0.25, 0.3) is 0 Å². The Bertz CT molecular complexity index is 558. The molecule has 1 aliphatic heterocycles. The van der Waals surface area contributed by atoms with Crippen LogP contribution < -0.4 is 5.73 Å². The number of nitrogens with zero attached hydrogens (tertiary/aromatic N) is 2. The predicted octanol–water partition coefficient (Wildman–Crippen LogP) is 2.26. The highest BCUT2D eigenvalue weighted by atomic mass is 16.5. The van der Waals surface area contributed by atoms with Crippen LogP contribution in [0.1, 0.15) is 30.6 Å². The first-order valence-electron chi connectivity index (χ1n) is 7.09. The van der Waals surface area contributed by atoms with Crippen LogP contribution in [0.2, 0.25) is 0 Å². The molecule has 0 amide bonds. The summed E-state index contributed by atoms with van der Waals surface area (Å²) < 4.78 is 7.75. The Balaban J connectivity index is 1.82. The molecule has 2 N–H and O–H groups in total. The van der Waals surface area contributed by atoms with E-state index in [2.05, 4.69) is 28.6 Å². The van der Waals surface area contributed by atoms with E-state index in [0.717, 1.165) is 31.7 Å². The first-order chi connectivity index (χ1) is 9.69. The molecule has 0 saturated carbocycles. The van der Waals surface area contributed by atoms with Gasteiger partial charge in [0.05, 0.1) is 30.2 Å². The van der Waals surface area contributed by atoms with Crippen LogP contribution in [0.5, 0.6) is 0 Å². The average molecular weight is 271 g/mol. The first-order valence-corrected chi connectivity index (χ1v) is 7.09. The van der Waals surface area contributed by atoms with Gasteiger partial charge in [-0.2, -0.15) is 0 Å². The normalized spacial score (nSPS) is 23.9. The molecule has 2 heterocycles. The molecule has 0 bridgehead atoms. The first kappa shape index (κ1) is 13.3. The fourth-order valence-corrected chi connectivity index (χ4v) is 2.85. The molecule has 106 valence electrons. The van der Waals surface area contributed by atoms with Gasteiger partial charge in [-0.3, -0.25) is 0 Å². The van der Waals surface area contributed by atoms with Gasteiger partial charge in [0, 0.05) is 12.8 Å². The summed E-state index contributed by atoms with van der Waals surface area (Å²) in [6.07, 6.45) is 5.60. The molecule has 2 aromatic rings. The van der Waals surface area contributed by atoms with Crippen molar-refractivity contribution in [3.63, 3.8) is 0 Å². The fraction of sp³-hybridized carbons (Fsp3) is 0.438. The number of rotatable bonds is 4. The van der Waals surface area contributed by atoms with Crippen LogP contribution in [-0.2, 0) is 16.7 Å². The summed E-state index contributed by atoms with van der Waals surface area (Å²) in [5.74, 6) is 0. The van der Waals surface area contributed by atoms with Crippen LogP contribution in [0.25, 0.3) is 0 Å². The SMILES string of the molecule is CC1(n2cncc2[C@H](N)Cc2ccccc2)CCOC1.